The zero-order chi connectivity index (χ0) is 42.1. The monoisotopic (exact) mass is 824 g/mol. The molecule has 16 heteroatoms. The number of benzene rings is 3. The first-order chi connectivity index (χ1) is 28.5. The minimum Gasteiger partial charge on any atom is -0.497 e. The summed E-state index contributed by atoms with van der Waals surface area (Å²) in [5, 5.41) is 9.40. The molecule has 1 saturated heterocycles. The van der Waals surface area contributed by atoms with Gasteiger partial charge in [0.05, 0.1) is 58.7 Å². The molecule has 0 radical (unpaired) electrons. The van der Waals surface area contributed by atoms with E-state index in [0.29, 0.717) is 23.8 Å². The summed E-state index contributed by atoms with van der Waals surface area (Å²) in [6.45, 7) is 8.65. The number of ether oxygens (including phenoxy) is 4. The quantitative estimate of drug-likeness (QED) is 0.0461. The van der Waals surface area contributed by atoms with Gasteiger partial charge >= 0.3 is 0 Å². The number of hydrogen-bond donors (Lipinski definition) is 0. The fourth-order valence-electron chi connectivity index (χ4n) is 7.26. The number of rotatable bonds is 18. The van der Waals surface area contributed by atoms with Gasteiger partial charge in [-0.15, -0.1) is 0 Å². The molecule has 0 bridgehead atoms. The second kappa shape index (κ2) is 19.8. The first-order valence-corrected chi connectivity index (χ1v) is 20.7. The number of nitriles is 1. The smallest absolute Gasteiger partial charge is 0.281 e. The number of nitrogens with zero attached hydrogens (tertiary/aromatic N) is 8. The predicted molar refractivity (Wildman–Crippen MR) is 228 cm³/mol. The maximum atomic E-state index is 13.2. The number of carbonyl (C=O) groups excluding carboxylic acids is 1. The van der Waals surface area contributed by atoms with Crippen molar-refractivity contribution in [3.8, 4) is 17.6 Å². The Morgan fingerprint density at radius 1 is 0.949 bits per heavy atom. The van der Waals surface area contributed by atoms with Crippen LogP contribution in [0, 0.1) is 11.3 Å². The lowest BCUT2D eigenvalue weighted by Gasteiger charge is -2.39. The molecule has 3 aliphatic heterocycles. The van der Waals surface area contributed by atoms with Crippen LogP contribution < -0.4 is 9.47 Å². The Kier molecular flexibility index (Phi) is 14.6. The third-order valence-corrected chi connectivity index (χ3v) is 12.1. The second-order valence-electron chi connectivity index (χ2n) is 14.9. The molecule has 3 aromatic rings. The van der Waals surface area contributed by atoms with Crippen LogP contribution in [-0.2, 0) is 28.9 Å². The third-order valence-electron chi connectivity index (χ3n) is 9.93. The van der Waals surface area contributed by atoms with Crippen LogP contribution in [-0.4, -0.2) is 123 Å². The van der Waals surface area contributed by atoms with Crippen LogP contribution in [0.25, 0.3) is 0 Å². The van der Waals surface area contributed by atoms with E-state index in [4.69, 9.17) is 28.0 Å². The maximum Gasteiger partial charge on any atom is 0.281 e. The van der Waals surface area contributed by atoms with Crippen molar-refractivity contribution in [2.45, 2.75) is 82.7 Å². The number of hydrogen-bond acceptors (Lipinski definition) is 13. The lowest BCUT2D eigenvalue weighted by molar-refractivity contribution is -0.117. The SMILES string of the molecule is COc1ccc(C(OCC2OC(N3C=NC4C(=O)N=C(N=CN(C)C)N=C43)CC2OP(OCCC#N)N(C(C)C)C(C)C)(c2ccccc2)c2ccc(OC)cc2)cc1. The minimum absolute atomic E-state index is 0.0293. The topological polar surface area (TPSA) is 155 Å². The summed E-state index contributed by atoms with van der Waals surface area (Å²) in [5.74, 6) is 1.36. The molecular weight excluding hydrogens is 771 g/mol. The Morgan fingerprint density at radius 3 is 2.12 bits per heavy atom. The lowest BCUT2D eigenvalue weighted by atomic mass is 9.80. The van der Waals surface area contributed by atoms with Gasteiger partial charge in [0.15, 0.2) is 11.9 Å². The van der Waals surface area contributed by atoms with Crippen LogP contribution in [0.5, 0.6) is 11.5 Å². The van der Waals surface area contributed by atoms with E-state index in [1.54, 1.807) is 30.4 Å². The Labute approximate surface area is 347 Å². The average Bonchev–Trinajstić information content (AvgIpc) is 3.85. The molecule has 15 nitrogen and oxygen atoms in total. The van der Waals surface area contributed by atoms with E-state index in [1.165, 1.54) is 6.34 Å². The Bertz CT molecular complexity index is 1980. The van der Waals surface area contributed by atoms with Gasteiger partial charge in [-0.25, -0.2) is 9.66 Å². The highest BCUT2D eigenvalue weighted by Gasteiger charge is 2.48. The van der Waals surface area contributed by atoms with E-state index >= 15 is 0 Å². The molecule has 312 valence electrons. The van der Waals surface area contributed by atoms with E-state index in [1.807, 2.05) is 93.0 Å². The van der Waals surface area contributed by atoms with Crippen LogP contribution in [0.4, 0.5) is 0 Å². The number of guanidine groups is 1. The number of carbonyl (C=O) groups is 1. The third kappa shape index (κ3) is 9.87. The highest BCUT2D eigenvalue weighted by Crippen LogP contribution is 2.50. The molecule has 3 aromatic carbocycles. The van der Waals surface area contributed by atoms with Crippen molar-refractivity contribution < 1.29 is 32.8 Å². The van der Waals surface area contributed by atoms with Crippen molar-refractivity contribution in [2.24, 2.45) is 20.0 Å². The normalized spacial score (nSPS) is 20.9. The molecule has 3 heterocycles. The predicted octanol–water partition coefficient (Wildman–Crippen LogP) is 6.39. The standard InChI is InChI=1S/C43H53N8O7P/c1-29(2)51(30(3)4)59(56-24-12-23-44)58-36-25-38(50-28-45-39-40(50)47-42(48-41(39)52)46-27-49(5)6)57-37(36)26-55-43(31-13-10-9-11-14-31,32-15-19-34(53-7)20-16-32)33-17-21-35(54-8)22-18-33/h9-11,13-22,27-30,36-39H,12,24-26H2,1-8H3. The number of fused-ring (bicyclic) bond motifs is 1. The molecule has 0 spiro atoms. The van der Waals surface area contributed by atoms with Gasteiger partial charge in [0, 0.05) is 32.6 Å². The zero-order valence-electron chi connectivity index (χ0n) is 34.8. The van der Waals surface area contributed by atoms with Gasteiger partial charge in [-0.1, -0.05) is 54.6 Å². The van der Waals surface area contributed by atoms with Gasteiger partial charge in [-0.05, 0) is 68.7 Å². The molecule has 0 N–H and O–H groups in total. The summed E-state index contributed by atoms with van der Waals surface area (Å²) in [6.07, 6.45) is 1.80. The number of amides is 1. The summed E-state index contributed by atoms with van der Waals surface area (Å²) in [5.41, 5.74) is 1.50. The molecule has 6 rings (SSSR count). The molecule has 0 aromatic heterocycles. The van der Waals surface area contributed by atoms with Crippen LogP contribution >= 0.6 is 8.53 Å². The highest BCUT2D eigenvalue weighted by molar-refractivity contribution is 7.44. The van der Waals surface area contributed by atoms with Crippen molar-refractivity contribution in [2.75, 3.05) is 41.5 Å². The Morgan fingerprint density at radius 2 is 1.56 bits per heavy atom. The molecule has 5 unspecified atom stereocenters. The number of amidine groups is 1. The first-order valence-electron chi connectivity index (χ1n) is 19.6. The largest absolute Gasteiger partial charge is 0.497 e. The van der Waals surface area contributed by atoms with E-state index in [-0.39, 0.29) is 37.7 Å². The van der Waals surface area contributed by atoms with Gasteiger partial charge in [0.1, 0.15) is 29.4 Å². The van der Waals surface area contributed by atoms with Gasteiger partial charge in [-0.2, -0.15) is 15.2 Å². The summed E-state index contributed by atoms with van der Waals surface area (Å²) in [6, 6.07) is 27.1. The van der Waals surface area contributed by atoms with Gasteiger partial charge in [-0.3, -0.25) is 14.7 Å². The van der Waals surface area contributed by atoms with Gasteiger partial charge in [0.25, 0.3) is 20.4 Å². The maximum absolute atomic E-state index is 13.2. The molecule has 5 atom stereocenters. The summed E-state index contributed by atoms with van der Waals surface area (Å²) < 4.78 is 40.9. The lowest BCUT2D eigenvalue weighted by Crippen LogP contribution is -2.44. The zero-order valence-corrected chi connectivity index (χ0v) is 35.7. The van der Waals surface area contributed by atoms with E-state index in [2.05, 4.69) is 58.4 Å². The highest BCUT2D eigenvalue weighted by atomic mass is 31.2. The fourth-order valence-corrected chi connectivity index (χ4v) is 9.01. The van der Waals surface area contributed by atoms with Crippen molar-refractivity contribution in [1.82, 2.24) is 14.5 Å². The van der Waals surface area contributed by atoms with Crippen molar-refractivity contribution in [3.05, 3.63) is 95.6 Å². The molecular formula is C43H53N8O7P. The molecule has 59 heavy (non-hydrogen) atoms. The fraction of sp³-hybridized carbons (Fsp3) is 0.442. The molecule has 1 fully saturated rings. The average molecular weight is 825 g/mol. The van der Waals surface area contributed by atoms with Crippen molar-refractivity contribution >= 4 is 38.9 Å². The summed E-state index contributed by atoms with van der Waals surface area (Å²) >= 11 is 0. The second-order valence-corrected chi connectivity index (χ2v) is 16.3. The molecule has 0 aliphatic carbocycles. The molecule has 3 aliphatic rings. The van der Waals surface area contributed by atoms with Crippen LogP contribution in [0.15, 0.2) is 98.8 Å². The Balaban J connectivity index is 1.41. The van der Waals surface area contributed by atoms with E-state index < -0.39 is 44.5 Å². The van der Waals surface area contributed by atoms with Crippen LogP contribution in [0.1, 0.15) is 57.2 Å². The van der Waals surface area contributed by atoms with E-state index in [0.717, 1.165) is 16.7 Å². The number of aliphatic imine (C=N–C) groups is 4. The molecule has 0 saturated carbocycles. The van der Waals surface area contributed by atoms with Crippen molar-refractivity contribution in [3.63, 3.8) is 0 Å². The summed E-state index contributed by atoms with van der Waals surface area (Å²) in [4.78, 5) is 34.1. The number of methoxy groups -OCH3 is 2. The van der Waals surface area contributed by atoms with Crippen LogP contribution in [0.2, 0.25) is 0 Å². The Hall–Kier alpha value is -5.07. The van der Waals surface area contributed by atoms with E-state index in [9.17, 15) is 10.1 Å². The first kappa shape index (κ1) is 43.5. The minimum atomic E-state index is -1.67. The van der Waals surface area contributed by atoms with Gasteiger partial charge < -0.3 is 32.9 Å². The van der Waals surface area contributed by atoms with Crippen LogP contribution in [0.3, 0.4) is 0 Å². The van der Waals surface area contributed by atoms with Gasteiger partial charge in [0.2, 0.25) is 0 Å². The molecule has 1 amide bonds. The summed E-state index contributed by atoms with van der Waals surface area (Å²) in [7, 11) is 5.24. The van der Waals surface area contributed by atoms with Crippen molar-refractivity contribution in [1.29, 1.82) is 5.26 Å².